The molecule has 0 saturated carbocycles. The van der Waals surface area contributed by atoms with Crippen molar-refractivity contribution in [1.82, 2.24) is 0 Å². The van der Waals surface area contributed by atoms with E-state index in [1.54, 1.807) is 19.1 Å². The van der Waals surface area contributed by atoms with Crippen LogP contribution in [-0.2, 0) is 19.6 Å². The number of rotatable bonds is 6. The number of hydrogen-bond acceptors (Lipinski definition) is 6. The minimum absolute atomic E-state index is 0.305. The molecule has 22 heavy (non-hydrogen) atoms. The van der Waals surface area contributed by atoms with Crippen LogP contribution in [0, 0.1) is 0 Å². The number of carbonyl (C=O) groups is 2. The first-order valence-electron chi connectivity index (χ1n) is 7.10. The zero-order valence-corrected chi connectivity index (χ0v) is 14.5. The van der Waals surface area contributed by atoms with Gasteiger partial charge in [-0.25, -0.2) is 14.5 Å². The van der Waals surface area contributed by atoms with Crippen molar-refractivity contribution in [2.24, 2.45) is 0 Å². The van der Waals surface area contributed by atoms with Crippen molar-refractivity contribution in [2.45, 2.75) is 46.0 Å². The second-order valence-electron chi connectivity index (χ2n) is 5.94. The summed E-state index contributed by atoms with van der Waals surface area (Å²) in [5.41, 5.74) is 0.306. The van der Waals surface area contributed by atoms with Crippen molar-refractivity contribution < 1.29 is 29.1 Å². The predicted octanol–water partition coefficient (Wildman–Crippen LogP) is 3.19. The zero-order chi connectivity index (χ0) is 16.8. The molecule has 0 bridgehead atoms. The van der Waals surface area contributed by atoms with Gasteiger partial charge in [-0.2, -0.15) is 0 Å². The Labute approximate surface area is 131 Å². The van der Waals surface area contributed by atoms with Crippen LogP contribution in [0.5, 0.6) is 0 Å². The van der Waals surface area contributed by atoms with Crippen molar-refractivity contribution in [3.05, 3.63) is 29.8 Å². The highest BCUT2D eigenvalue weighted by Gasteiger charge is 2.18. The third-order valence-electron chi connectivity index (χ3n) is 3.07. The fraction of sp³-hybridized carbons (Fsp3) is 0.467. The van der Waals surface area contributed by atoms with E-state index in [1.165, 1.54) is 5.19 Å². The van der Waals surface area contributed by atoms with Gasteiger partial charge in [0.15, 0.2) is 0 Å². The van der Waals surface area contributed by atoms with Crippen molar-refractivity contribution >= 4 is 25.4 Å². The monoisotopic (exact) mass is 326 g/mol. The SMILES string of the molecule is CCC(C)OC(=O)OOOC(=O)c1ccc([Si](C)(C)C)cc1. The van der Waals surface area contributed by atoms with Gasteiger partial charge in [0.25, 0.3) is 0 Å². The summed E-state index contributed by atoms with van der Waals surface area (Å²) in [4.78, 5) is 31.4. The summed E-state index contributed by atoms with van der Waals surface area (Å²) < 4.78 is 4.77. The lowest BCUT2D eigenvalue weighted by molar-refractivity contribution is -0.452. The average molecular weight is 326 g/mol. The lowest BCUT2D eigenvalue weighted by Crippen LogP contribution is -2.37. The molecule has 1 rings (SSSR count). The van der Waals surface area contributed by atoms with E-state index in [1.807, 2.05) is 19.1 Å². The Morgan fingerprint density at radius 2 is 1.68 bits per heavy atom. The number of carbonyl (C=O) groups excluding carboxylic acids is 2. The minimum atomic E-state index is -1.42. The third-order valence-corrected chi connectivity index (χ3v) is 5.14. The summed E-state index contributed by atoms with van der Waals surface area (Å²) in [5, 5.41) is 5.36. The van der Waals surface area contributed by atoms with E-state index >= 15 is 0 Å². The summed E-state index contributed by atoms with van der Waals surface area (Å²) in [7, 11) is -1.42. The van der Waals surface area contributed by atoms with Gasteiger partial charge >= 0.3 is 12.1 Å². The van der Waals surface area contributed by atoms with Crippen LogP contribution >= 0.6 is 0 Å². The Bertz CT molecular complexity index is 506. The highest BCUT2D eigenvalue weighted by Crippen LogP contribution is 2.06. The van der Waals surface area contributed by atoms with Crippen LogP contribution in [0.1, 0.15) is 30.6 Å². The Hall–Kier alpha value is -1.86. The lowest BCUT2D eigenvalue weighted by Gasteiger charge is -2.16. The Kier molecular flexibility index (Phi) is 6.57. The first-order valence-corrected chi connectivity index (χ1v) is 10.6. The molecule has 0 aromatic heterocycles. The second-order valence-corrected chi connectivity index (χ2v) is 11.0. The van der Waals surface area contributed by atoms with Crippen LogP contribution in [0.25, 0.3) is 0 Å². The highest BCUT2D eigenvalue weighted by molar-refractivity contribution is 6.88. The Balaban J connectivity index is 2.44. The molecule has 6 nitrogen and oxygen atoms in total. The van der Waals surface area contributed by atoms with Crippen molar-refractivity contribution in [3.63, 3.8) is 0 Å². The molecule has 1 unspecified atom stereocenters. The topological polar surface area (TPSA) is 71.1 Å². The number of hydrogen-bond donors (Lipinski definition) is 0. The van der Waals surface area contributed by atoms with E-state index in [0.29, 0.717) is 12.0 Å². The van der Waals surface area contributed by atoms with Crippen LogP contribution in [0.3, 0.4) is 0 Å². The predicted molar refractivity (Wildman–Crippen MR) is 83.2 cm³/mol. The molecule has 1 aromatic rings. The molecule has 0 N–H and O–H groups in total. The van der Waals surface area contributed by atoms with Gasteiger partial charge in [0.2, 0.25) is 0 Å². The number of benzene rings is 1. The van der Waals surface area contributed by atoms with E-state index < -0.39 is 20.2 Å². The van der Waals surface area contributed by atoms with Crippen LogP contribution in [0.4, 0.5) is 4.79 Å². The normalized spacial score (nSPS) is 12.4. The molecule has 7 heteroatoms. The molecule has 122 valence electrons. The van der Waals surface area contributed by atoms with Crippen molar-refractivity contribution in [2.75, 3.05) is 0 Å². The largest absolute Gasteiger partial charge is 0.543 e. The van der Waals surface area contributed by atoms with E-state index in [9.17, 15) is 9.59 Å². The number of ether oxygens (including phenoxy) is 1. The summed E-state index contributed by atoms with van der Waals surface area (Å²) in [6, 6.07) is 7.08. The standard InChI is InChI=1S/C15H22O6Si/c1-6-11(2)18-15(17)20-21-19-14(16)12-7-9-13(10-8-12)22(3,4)5/h7-11H,6H2,1-5H3. The molecular formula is C15H22O6Si. The lowest BCUT2D eigenvalue weighted by atomic mass is 10.2. The van der Waals surface area contributed by atoms with Gasteiger partial charge in [-0.05, 0) is 25.5 Å². The van der Waals surface area contributed by atoms with Gasteiger partial charge in [0.1, 0.15) is 6.10 Å². The van der Waals surface area contributed by atoms with Crippen LogP contribution in [-0.4, -0.2) is 26.3 Å². The van der Waals surface area contributed by atoms with Crippen molar-refractivity contribution in [1.29, 1.82) is 0 Å². The molecule has 0 radical (unpaired) electrons. The molecule has 0 aliphatic carbocycles. The summed E-state index contributed by atoms with van der Waals surface area (Å²) >= 11 is 0. The molecule has 1 aromatic carbocycles. The molecule has 0 saturated heterocycles. The van der Waals surface area contributed by atoms with Crippen LogP contribution in [0.2, 0.25) is 19.6 Å². The smallest absolute Gasteiger partial charge is 0.429 e. The summed E-state index contributed by atoms with van der Waals surface area (Å²) in [6.07, 6.45) is -0.727. The van der Waals surface area contributed by atoms with Gasteiger partial charge < -0.3 is 4.74 Å². The van der Waals surface area contributed by atoms with Gasteiger partial charge in [-0.1, -0.05) is 43.9 Å². The molecular weight excluding hydrogens is 304 g/mol. The third kappa shape index (κ3) is 5.86. The molecule has 0 spiro atoms. The quantitative estimate of drug-likeness (QED) is 0.346. The van der Waals surface area contributed by atoms with Gasteiger partial charge in [-0.3, -0.25) is 4.89 Å². The van der Waals surface area contributed by atoms with Gasteiger partial charge in [-0.15, -0.1) is 0 Å². The van der Waals surface area contributed by atoms with Gasteiger partial charge in [0.05, 0.1) is 18.7 Å². The van der Waals surface area contributed by atoms with E-state index in [2.05, 4.69) is 34.5 Å². The molecule has 0 aliphatic rings. The maximum Gasteiger partial charge on any atom is 0.543 e. The van der Waals surface area contributed by atoms with E-state index in [-0.39, 0.29) is 6.10 Å². The molecule has 1 atom stereocenters. The molecule has 0 heterocycles. The summed E-state index contributed by atoms with van der Waals surface area (Å²) in [5.74, 6) is -0.751. The molecule has 0 amide bonds. The van der Waals surface area contributed by atoms with Gasteiger partial charge in [0, 0.05) is 0 Å². The van der Waals surface area contributed by atoms with Crippen LogP contribution < -0.4 is 5.19 Å². The molecule has 0 fully saturated rings. The fourth-order valence-corrected chi connectivity index (χ4v) is 2.66. The first-order chi connectivity index (χ1) is 10.2. The van der Waals surface area contributed by atoms with Crippen molar-refractivity contribution in [3.8, 4) is 0 Å². The Morgan fingerprint density at radius 1 is 1.09 bits per heavy atom. The maximum absolute atomic E-state index is 11.7. The zero-order valence-electron chi connectivity index (χ0n) is 13.5. The minimum Gasteiger partial charge on any atom is -0.429 e. The second kappa shape index (κ2) is 7.95. The Morgan fingerprint density at radius 3 is 2.18 bits per heavy atom. The van der Waals surface area contributed by atoms with E-state index in [0.717, 1.165) is 0 Å². The summed E-state index contributed by atoms with van der Waals surface area (Å²) in [6.45, 7) is 10.2. The van der Waals surface area contributed by atoms with Crippen LogP contribution in [0.15, 0.2) is 24.3 Å². The fourth-order valence-electron chi connectivity index (χ4n) is 1.50. The molecule has 0 aliphatic heterocycles. The van der Waals surface area contributed by atoms with E-state index in [4.69, 9.17) is 4.74 Å². The highest BCUT2D eigenvalue weighted by atomic mass is 28.3. The first kappa shape index (κ1) is 18.2. The average Bonchev–Trinajstić information content (AvgIpc) is 2.46. The maximum atomic E-state index is 11.7.